The molecular formula is C11H6N2O. The van der Waals surface area contributed by atoms with Gasteiger partial charge in [-0.25, -0.2) is 4.99 Å². The summed E-state index contributed by atoms with van der Waals surface area (Å²) in [5.74, 6) is 0.0172. The van der Waals surface area contributed by atoms with E-state index in [1.807, 2.05) is 6.07 Å². The van der Waals surface area contributed by atoms with Gasteiger partial charge in [0.15, 0.2) is 5.78 Å². The van der Waals surface area contributed by atoms with Crippen LogP contribution in [-0.2, 0) is 4.79 Å². The fourth-order valence-corrected chi connectivity index (χ4v) is 1.66. The summed E-state index contributed by atoms with van der Waals surface area (Å²) in [5, 5.41) is 0. The van der Waals surface area contributed by atoms with Crippen LogP contribution < -0.4 is 0 Å². The molecule has 0 bridgehead atoms. The molecule has 3 nitrogen and oxygen atoms in total. The molecule has 1 aliphatic carbocycles. The molecule has 1 aromatic heterocycles. The van der Waals surface area contributed by atoms with Crippen LogP contribution in [0.1, 0.15) is 5.56 Å². The van der Waals surface area contributed by atoms with Crippen molar-refractivity contribution >= 4 is 22.8 Å². The number of rotatable bonds is 0. The minimum Gasteiger partial charge on any atom is -0.290 e. The third-order valence-electron chi connectivity index (χ3n) is 2.30. The number of carbonyl (C=O) groups is 1. The van der Waals surface area contributed by atoms with Crippen LogP contribution in [0.2, 0.25) is 0 Å². The molecule has 0 aromatic carbocycles. The summed E-state index contributed by atoms with van der Waals surface area (Å²) in [4.78, 5) is 19.5. The third-order valence-corrected chi connectivity index (χ3v) is 2.30. The Balaban J connectivity index is 2.27. The fraction of sp³-hybridized carbons (Fsp3) is 0. The van der Waals surface area contributed by atoms with Gasteiger partial charge in [-0.1, -0.05) is 0 Å². The lowest BCUT2D eigenvalue weighted by atomic mass is 9.98. The number of carbonyl (C=O) groups excluding carboxylic acids is 1. The summed E-state index contributed by atoms with van der Waals surface area (Å²) < 4.78 is 0. The zero-order chi connectivity index (χ0) is 9.54. The Bertz CT molecular complexity index is 524. The molecule has 3 heteroatoms. The fourth-order valence-electron chi connectivity index (χ4n) is 1.66. The van der Waals surface area contributed by atoms with E-state index < -0.39 is 0 Å². The Morgan fingerprint density at radius 1 is 1.21 bits per heavy atom. The maximum atomic E-state index is 11.2. The van der Waals surface area contributed by atoms with Crippen molar-refractivity contribution in [1.82, 2.24) is 4.98 Å². The normalized spacial score (nSPS) is 17.3. The molecule has 0 atom stereocenters. The van der Waals surface area contributed by atoms with Gasteiger partial charge in [-0.3, -0.25) is 9.78 Å². The number of pyridine rings is 1. The average molecular weight is 182 g/mol. The van der Waals surface area contributed by atoms with Crippen LogP contribution in [-0.4, -0.2) is 16.5 Å². The lowest BCUT2D eigenvalue weighted by Gasteiger charge is -2.03. The third kappa shape index (κ3) is 0.893. The summed E-state index contributed by atoms with van der Waals surface area (Å²) >= 11 is 0. The highest BCUT2D eigenvalue weighted by molar-refractivity contribution is 6.39. The van der Waals surface area contributed by atoms with Crippen molar-refractivity contribution < 1.29 is 4.79 Å². The molecule has 66 valence electrons. The highest BCUT2D eigenvalue weighted by Gasteiger charge is 2.21. The van der Waals surface area contributed by atoms with Gasteiger partial charge in [0.25, 0.3) is 0 Å². The van der Waals surface area contributed by atoms with Crippen LogP contribution in [0.15, 0.2) is 41.7 Å². The van der Waals surface area contributed by atoms with Gasteiger partial charge in [0.2, 0.25) is 0 Å². The van der Waals surface area contributed by atoms with Gasteiger partial charge in [0.1, 0.15) is 0 Å². The number of allylic oxidation sites excluding steroid dienone is 4. The zero-order valence-corrected chi connectivity index (χ0v) is 7.27. The molecule has 1 aromatic rings. The van der Waals surface area contributed by atoms with Crippen molar-refractivity contribution in [3.05, 3.63) is 42.3 Å². The molecule has 0 unspecified atom stereocenters. The summed E-state index contributed by atoms with van der Waals surface area (Å²) in [6, 6.07) is 1.88. The first-order valence-corrected chi connectivity index (χ1v) is 4.32. The Morgan fingerprint density at radius 2 is 2.14 bits per heavy atom. The quantitative estimate of drug-likeness (QED) is 0.573. The molecule has 2 aliphatic rings. The Hall–Kier alpha value is -2.03. The van der Waals surface area contributed by atoms with Crippen molar-refractivity contribution in [2.24, 2.45) is 4.99 Å². The van der Waals surface area contributed by atoms with Gasteiger partial charge < -0.3 is 0 Å². The van der Waals surface area contributed by atoms with E-state index in [0.29, 0.717) is 0 Å². The van der Waals surface area contributed by atoms with Gasteiger partial charge in [0.05, 0.1) is 17.6 Å². The van der Waals surface area contributed by atoms with E-state index in [0.717, 1.165) is 22.5 Å². The minimum absolute atomic E-state index is 0.0172. The Morgan fingerprint density at radius 3 is 3.07 bits per heavy atom. The maximum Gasteiger partial charge on any atom is 0.179 e. The summed E-state index contributed by atoms with van der Waals surface area (Å²) in [5.41, 5.74) is 3.60. The summed E-state index contributed by atoms with van der Waals surface area (Å²) in [7, 11) is 0. The number of nitrogens with zero attached hydrogens (tertiary/aromatic N) is 2. The van der Waals surface area contributed by atoms with E-state index in [9.17, 15) is 4.79 Å². The Kier molecular flexibility index (Phi) is 1.31. The highest BCUT2D eigenvalue weighted by Crippen LogP contribution is 2.35. The standard InChI is InChI=1S/C11H6N2O/c14-7-1-2-10-9(5-7)8-3-4-12-6-11(8)13-10/h1-6H. The second-order valence-electron chi connectivity index (χ2n) is 3.18. The van der Waals surface area contributed by atoms with Crippen LogP contribution in [0, 0.1) is 0 Å². The summed E-state index contributed by atoms with van der Waals surface area (Å²) in [6.07, 6.45) is 8.31. The van der Waals surface area contributed by atoms with Crippen molar-refractivity contribution in [2.75, 3.05) is 0 Å². The van der Waals surface area contributed by atoms with Crippen molar-refractivity contribution in [3.63, 3.8) is 0 Å². The van der Waals surface area contributed by atoms with Crippen LogP contribution >= 0.6 is 0 Å². The van der Waals surface area contributed by atoms with Crippen molar-refractivity contribution in [2.45, 2.75) is 0 Å². The van der Waals surface area contributed by atoms with Gasteiger partial charge in [-0.2, -0.15) is 0 Å². The number of ketones is 1. The lowest BCUT2D eigenvalue weighted by Crippen LogP contribution is -2.02. The SMILES string of the molecule is O=C1C=CC2=Nc3cnccc3C2=C1. The Labute approximate surface area is 80.5 Å². The molecule has 3 rings (SSSR count). The monoisotopic (exact) mass is 182 g/mol. The first-order chi connectivity index (χ1) is 6.84. The van der Waals surface area contributed by atoms with Crippen LogP contribution in [0.3, 0.4) is 0 Å². The molecule has 0 N–H and O–H groups in total. The second-order valence-corrected chi connectivity index (χ2v) is 3.18. The first kappa shape index (κ1) is 7.38. The predicted octanol–water partition coefficient (Wildman–Crippen LogP) is 1.69. The first-order valence-electron chi connectivity index (χ1n) is 4.32. The van der Waals surface area contributed by atoms with Gasteiger partial charge in [-0.15, -0.1) is 0 Å². The minimum atomic E-state index is 0.0172. The predicted molar refractivity (Wildman–Crippen MR) is 53.5 cm³/mol. The van der Waals surface area contributed by atoms with E-state index >= 15 is 0 Å². The number of aliphatic imine (C=N–C) groups is 1. The van der Waals surface area contributed by atoms with Gasteiger partial charge >= 0.3 is 0 Å². The van der Waals surface area contributed by atoms with Crippen LogP contribution in [0.4, 0.5) is 5.69 Å². The highest BCUT2D eigenvalue weighted by atomic mass is 16.1. The van der Waals surface area contributed by atoms with E-state index in [2.05, 4.69) is 9.98 Å². The molecular weight excluding hydrogens is 176 g/mol. The molecule has 0 fully saturated rings. The second kappa shape index (κ2) is 2.48. The number of fused-ring (bicyclic) bond motifs is 3. The molecule has 1 aliphatic heterocycles. The van der Waals surface area contributed by atoms with Crippen LogP contribution in [0.5, 0.6) is 0 Å². The van der Waals surface area contributed by atoms with E-state index in [4.69, 9.17) is 0 Å². The molecule has 0 saturated heterocycles. The van der Waals surface area contributed by atoms with E-state index in [-0.39, 0.29) is 5.78 Å². The average Bonchev–Trinajstić information content (AvgIpc) is 2.56. The molecule has 0 saturated carbocycles. The smallest absolute Gasteiger partial charge is 0.179 e. The number of aromatic nitrogens is 1. The zero-order valence-electron chi connectivity index (χ0n) is 7.27. The van der Waals surface area contributed by atoms with Gasteiger partial charge in [0, 0.05) is 17.3 Å². The van der Waals surface area contributed by atoms with E-state index in [1.165, 1.54) is 6.08 Å². The summed E-state index contributed by atoms with van der Waals surface area (Å²) in [6.45, 7) is 0. The van der Waals surface area contributed by atoms with Gasteiger partial charge in [-0.05, 0) is 24.3 Å². The maximum absolute atomic E-state index is 11.2. The van der Waals surface area contributed by atoms with Crippen molar-refractivity contribution in [3.8, 4) is 0 Å². The molecule has 0 amide bonds. The molecule has 2 heterocycles. The lowest BCUT2D eigenvalue weighted by molar-refractivity contribution is -0.110. The van der Waals surface area contributed by atoms with Crippen molar-refractivity contribution in [1.29, 1.82) is 0 Å². The van der Waals surface area contributed by atoms with E-state index in [1.54, 1.807) is 24.5 Å². The topological polar surface area (TPSA) is 42.3 Å². The van der Waals surface area contributed by atoms with Crippen LogP contribution in [0.25, 0.3) is 5.57 Å². The molecule has 14 heavy (non-hydrogen) atoms. The molecule has 0 radical (unpaired) electrons. The number of hydrogen-bond donors (Lipinski definition) is 0. The molecule has 0 spiro atoms. The number of hydrogen-bond acceptors (Lipinski definition) is 3. The largest absolute Gasteiger partial charge is 0.290 e.